The molecule has 0 saturated carbocycles. The number of ether oxygens (including phenoxy) is 1. The van der Waals surface area contributed by atoms with Gasteiger partial charge in [-0.25, -0.2) is 0 Å². The van der Waals surface area contributed by atoms with Crippen molar-refractivity contribution >= 4 is 5.97 Å². The van der Waals surface area contributed by atoms with E-state index >= 15 is 0 Å². The maximum Gasteiger partial charge on any atom is 0.329 e. The minimum absolute atomic E-state index is 0.303. The molecule has 1 heterocycles. The molecule has 1 atom stereocenters. The lowest BCUT2D eigenvalue weighted by molar-refractivity contribution is -0.141. The van der Waals surface area contributed by atoms with Crippen molar-refractivity contribution in [2.24, 2.45) is 0 Å². The van der Waals surface area contributed by atoms with Crippen LogP contribution < -0.4 is 0 Å². The molecular formula is C8H7N3O2. The van der Waals surface area contributed by atoms with Gasteiger partial charge in [-0.05, 0) is 0 Å². The van der Waals surface area contributed by atoms with Gasteiger partial charge in [0.05, 0.1) is 25.1 Å². The summed E-state index contributed by atoms with van der Waals surface area (Å²) in [7, 11) is 1.23. The maximum atomic E-state index is 11.0. The molecule has 5 nitrogen and oxygen atoms in total. The molecule has 1 aromatic heterocycles. The number of hydrogen-bond donors (Lipinski definition) is 0. The van der Waals surface area contributed by atoms with Crippen molar-refractivity contribution in [2.75, 3.05) is 7.11 Å². The van der Waals surface area contributed by atoms with Crippen LogP contribution in [0, 0.1) is 11.3 Å². The third kappa shape index (κ3) is 1.99. The molecule has 0 bridgehead atoms. The Kier molecular flexibility index (Phi) is 2.92. The third-order valence-electron chi connectivity index (χ3n) is 1.44. The lowest BCUT2D eigenvalue weighted by Crippen LogP contribution is -2.13. The molecule has 0 N–H and O–H groups in total. The zero-order valence-corrected chi connectivity index (χ0v) is 6.97. The molecule has 0 spiro atoms. The molecule has 13 heavy (non-hydrogen) atoms. The van der Waals surface area contributed by atoms with Crippen molar-refractivity contribution < 1.29 is 9.53 Å². The quantitative estimate of drug-likeness (QED) is 0.605. The first kappa shape index (κ1) is 9.13. The molecule has 0 aliphatic heterocycles. The first-order valence-corrected chi connectivity index (χ1v) is 3.53. The number of methoxy groups -OCH3 is 1. The van der Waals surface area contributed by atoms with E-state index in [1.807, 2.05) is 0 Å². The van der Waals surface area contributed by atoms with Crippen molar-refractivity contribution in [3.8, 4) is 6.07 Å². The van der Waals surface area contributed by atoms with E-state index in [0.29, 0.717) is 5.69 Å². The fraction of sp³-hybridized carbons (Fsp3) is 0.250. The summed E-state index contributed by atoms with van der Waals surface area (Å²) in [6.45, 7) is 0. The minimum Gasteiger partial charge on any atom is -0.468 e. The standard InChI is InChI=1S/C8H7N3O2/c1-13-8(12)6(4-9)7-5-10-2-3-11-7/h2-3,5-6H,1H3. The molecule has 1 aromatic rings. The lowest BCUT2D eigenvalue weighted by Gasteiger charge is -2.03. The molecule has 0 aliphatic rings. The molecule has 0 aliphatic carbocycles. The number of aromatic nitrogens is 2. The summed E-state index contributed by atoms with van der Waals surface area (Å²) in [4.78, 5) is 18.6. The van der Waals surface area contributed by atoms with E-state index in [9.17, 15) is 4.79 Å². The van der Waals surface area contributed by atoms with Gasteiger partial charge < -0.3 is 4.74 Å². The van der Waals surface area contributed by atoms with Crippen LogP contribution >= 0.6 is 0 Å². The van der Waals surface area contributed by atoms with Crippen molar-refractivity contribution in [1.82, 2.24) is 9.97 Å². The van der Waals surface area contributed by atoms with Crippen LogP contribution in [0.3, 0.4) is 0 Å². The van der Waals surface area contributed by atoms with Gasteiger partial charge in [-0.1, -0.05) is 0 Å². The van der Waals surface area contributed by atoms with Crippen LogP contribution in [0.25, 0.3) is 0 Å². The second-order valence-corrected chi connectivity index (χ2v) is 2.22. The Labute approximate surface area is 75.0 Å². The maximum absolute atomic E-state index is 11.0. The molecule has 1 unspecified atom stereocenters. The molecule has 66 valence electrons. The van der Waals surface area contributed by atoms with Gasteiger partial charge in [-0.2, -0.15) is 5.26 Å². The van der Waals surface area contributed by atoms with Crippen LogP contribution in [0.4, 0.5) is 0 Å². The van der Waals surface area contributed by atoms with Gasteiger partial charge in [0.15, 0.2) is 5.92 Å². The Morgan fingerprint density at radius 3 is 2.92 bits per heavy atom. The summed E-state index contributed by atoms with van der Waals surface area (Å²) in [5.41, 5.74) is 0.303. The van der Waals surface area contributed by atoms with Gasteiger partial charge in [0.1, 0.15) is 0 Å². The summed E-state index contributed by atoms with van der Waals surface area (Å²) in [6, 6.07) is 1.79. The highest BCUT2D eigenvalue weighted by Gasteiger charge is 2.21. The number of carbonyl (C=O) groups excluding carboxylic acids is 1. The van der Waals surface area contributed by atoms with Crippen LogP contribution in [0.2, 0.25) is 0 Å². The van der Waals surface area contributed by atoms with Gasteiger partial charge in [0.2, 0.25) is 0 Å². The topological polar surface area (TPSA) is 75.9 Å². The number of rotatable bonds is 2. The third-order valence-corrected chi connectivity index (χ3v) is 1.44. The van der Waals surface area contributed by atoms with Gasteiger partial charge in [0, 0.05) is 12.4 Å². The fourth-order valence-corrected chi connectivity index (χ4v) is 0.817. The summed E-state index contributed by atoms with van der Waals surface area (Å²) in [5.74, 6) is -1.61. The first-order chi connectivity index (χ1) is 6.29. The molecule has 0 aromatic carbocycles. The molecule has 1 rings (SSSR count). The number of nitrogens with zero attached hydrogens (tertiary/aromatic N) is 3. The van der Waals surface area contributed by atoms with Gasteiger partial charge in [-0.15, -0.1) is 0 Å². The van der Waals surface area contributed by atoms with E-state index in [0.717, 1.165) is 0 Å². The van der Waals surface area contributed by atoms with E-state index < -0.39 is 11.9 Å². The van der Waals surface area contributed by atoms with E-state index in [1.165, 1.54) is 25.7 Å². The first-order valence-electron chi connectivity index (χ1n) is 3.53. The van der Waals surface area contributed by atoms with Crippen LogP contribution in [0.1, 0.15) is 11.6 Å². The monoisotopic (exact) mass is 177 g/mol. The number of nitriles is 1. The highest BCUT2D eigenvalue weighted by molar-refractivity contribution is 5.80. The molecule has 5 heteroatoms. The molecule has 0 amide bonds. The van der Waals surface area contributed by atoms with E-state index in [-0.39, 0.29) is 0 Å². The second-order valence-electron chi connectivity index (χ2n) is 2.22. The molecule has 0 saturated heterocycles. The van der Waals surface area contributed by atoms with Gasteiger partial charge >= 0.3 is 5.97 Å². The zero-order chi connectivity index (χ0) is 9.68. The van der Waals surface area contributed by atoms with Crippen LogP contribution in [-0.4, -0.2) is 23.0 Å². The smallest absolute Gasteiger partial charge is 0.329 e. The Bertz CT molecular complexity index is 331. The Morgan fingerprint density at radius 1 is 1.69 bits per heavy atom. The number of hydrogen-bond acceptors (Lipinski definition) is 5. The van der Waals surface area contributed by atoms with Crippen LogP contribution in [-0.2, 0) is 9.53 Å². The van der Waals surface area contributed by atoms with Gasteiger partial charge in [-0.3, -0.25) is 14.8 Å². The van der Waals surface area contributed by atoms with Crippen LogP contribution in [0.5, 0.6) is 0 Å². The van der Waals surface area contributed by atoms with E-state index in [1.54, 1.807) is 6.07 Å². The largest absolute Gasteiger partial charge is 0.468 e. The highest BCUT2D eigenvalue weighted by atomic mass is 16.5. The fourth-order valence-electron chi connectivity index (χ4n) is 0.817. The Hall–Kier alpha value is -1.96. The Morgan fingerprint density at radius 2 is 2.46 bits per heavy atom. The summed E-state index contributed by atoms with van der Waals surface area (Å²) in [6.07, 6.45) is 4.25. The van der Waals surface area contributed by atoms with E-state index in [2.05, 4.69) is 14.7 Å². The minimum atomic E-state index is -0.987. The summed E-state index contributed by atoms with van der Waals surface area (Å²) < 4.78 is 4.43. The zero-order valence-electron chi connectivity index (χ0n) is 6.97. The van der Waals surface area contributed by atoms with E-state index in [4.69, 9.17) is 5.26 Å². The SMILES string of the molecule is COC(=O)C(C#N)c1cnccn1. The van der Waals surface area contributed by atoms with Crippen molar-refractivity contribution in [3.63, 3.8) is 0 Å². The predicted molar refractivity (Wildman–Crippen MR) is 42.4 cm³/mol. The van der Waals surface area contributed by atoms with Crippen molar-refractivity contribution in [3.05, 3.63) is 24.3 Å². The lowest BCUT2D eigenvalue weighted by atomic mass is 10.1. The molecular weight excluding hydrogens is 170 g/mol. The number of esters is 1. The second kappa shape index (κ2) is 4.16. The normalized spacial score (nSPS) is 11.4. The average Bonchev–Trinajstić information content (AvgIpc) is 2.20. The van der Waals surface area contributed by atoms with Gasteiger partial charge in [0.25, 0.3) is 0 Å². The molecule has 0 fully saturated rings. The highest BCUT2D eigenvalue weighted by Crippen LogP contribution is 2.11. The number of carbonyl (C=O) groups is 1. The molecule has 0 radical (unpaired) electrons. The van der Waals surface area contributed by atoms with Crippen LogP contribution in [0.15, 0.2) is 18.6 Å². The van der Waals surface area contributed by atoms with Crippen molar-refractivity contribution in [2.45, 2.75) is 5.92 Å². The summed E-state index contributed by atoms with van der Waals surface area (Å²) in [5, 5.41) is 8.66. The van der Waals surface area contributed by atoms with Crippen molar-refractivity contribution in [1.29, 1.82) is 5.26 Å². The predicted octanol–water partition coefficient (Wildman–Crippen LogP) is 0.257. The average molecular weight is 177 g/mol. The Balaban J connectivity index is 2.93. The summed E-state index contributed by atoms with van der Waals surface area (Å²) >= 11 is 0.